The number of ether oxygens (including phenoxy) is 1. The summed E-state index contributed by atoms with van der Waals surface area (Å²) in [4.78, 5) is 41.4. The second kappa shape index (κ2) is 13.5. The van der Waals surface area contributed by atoms with Crippen molar-refractivity contribution < 1.29 is 24.2 Å². The number of benzene rings is 1. The van der Waals surface area contributed by atoms with Gasteiger partial charge < -0.3 is 25.4 Å². The van der Waals surface area contributed by atoms with Crippen LogP contribution in [0.1, 0.15) is 91.3 Å². The Morgan fingerprint density at radius 1 is 1.06 bits per heavy atom. The fraction of sp³-hybridized carbons (Fsp3) is 0.667. The van der Waals surface area contributed by atoms with Crippen LogP contribution in [0.4, 0.5) is 4.79 Å². The summed E-state index contributed by atoms with van der Waals surface area (Å²) in [6, 6.07) is 5.25. The molecule has 0 aliphatic heterocycles. The van der Waals surface area contributed by atoms with E-state index in [0.29, 0.717) is 18.5 Å². The van der Waals surface area contributed by atoms with E-state index in [-0.39, 0.29) is 5.91 Å². The number of hydrogen-bond donors (Lipinski definition) is 3. The van der Waals surface area contributed by atoms with Crippen molar-refractivity contribution in [1.82, 2.24) is 15.5 Å². The lowest BCUT2D eigenvalue weighted by Crippen LogP contribution is -2.60. The van der Waals surface area contributed by atoms with Crippen LogP contribution in [0, 0.1) is 6.92 Å². The van der Waals surface area contributed by atoms with Gasteiger partial charge in [0.05, 0.1) is 6.61 Å². The maximum absolute atomic E-state index is 13.9. The quantitative estimate of drug-likeness (QED) is 0.379. The van der Waals surface area contributed by atoms with Gasteiger partial charge in [-0.2, -0.15) is 0 Å². The summed E-state index contributed by atoms with van der Waals surface area (Å²) in [6.45, 7) is 14.7. The Hall–Kier alpha value is -2.61. The van der Waals surface area contributed by atoms with Crippen LogP contribution in [0.25, 0.3) is 0 Å². The first kappa shape index (κ1) is 30.4. The topological polar surface area (TPSA) is 108 Å². The number of aryl methyl sites for hydroxylation is 1. The maximum Gasteiger partial charge on any atom is 0.408 e. The second-order valence-electron chi connectivity index (χ2n) is 10.5. The lowest BCUT2D eigenvalue weighted by atomic mass is 9.90. The Kier molecular flexibility index (Phi) is 11.7. The highest BCUT2D eigenvalue weighted by atomic mass is 16.6. The highest BCUT2D eigenvalue weighted by Gasteiger charge is 2.43. The summed E-state index contributed by atoms with van der Waals surface area (Å²) in [5, 5.41) is 15.5. The predicted molar refractivity (Wildman–Crippen MR) is 138 cm³/mol. The number of nitrogens with one attached hydrogen (secondary N) is 2. The number of carbonyl (C=O) groups is 3. The number of hydrogen-bond acceptors (Lipinski definition) is 5. The Morgan fingerprint density at radius 2 is 1.69 bits per heavy atom. The smallest absolute Gasteiger partial charge is 0.408 e. The van der Waals surface area contributed by atoms with Crippen LogP contribution in [0.15, 0.2) is 24.3 Å². The van der Waals surface area contributed by atoms with Crippen molar-refractivity contribution in [1.29, 1.82) is 0 Å². The molecule has 1 aromatic rings. The first-order valence-corrected chi connectivity index (χ1v) is 12.6. The van der Waals surface area contributed by atoms with Gasteiger partial charge in [-0.1, -0.05) is 51.0 Å². The molecule has 0 heterocycles. The predicted octanol–water partition coefficient (Wildman–Crippen LogP) is 4.25. The monoisotopic (exact) mass is 491 g/mol. The minimum atomic E-state index is -1.27. The molecule has 0 fully saturated rings. The van der Waals surface area contributed by atoms with E-state index in [9.17, 15) is 19.5 Å². The van der Waals surface area contributed by atoms with Crippen molar-refractivity contribution in [2.24, 2.45) is 0 Å². The van der Waals surface area contributed by atoms with E-state index in [1.54, 1.807) is 20.8 Å². The van der Waals surface area contributed by atoms with Crippen molar-refractivity contribution in [2.45, 2.75) is 104 Å². The summed E-state index contributed by atoms with van der Waals surface area (Å²) in [5.74, 6) is -0.846. The molecule has 3 N–H and O–H groups in total. The number of carbonyl (C=O) groups excluding carboxylic acids is 3. The van der Waals surface area contributed by atoms with Crippen molar-refractivity contribution >= 4 is 17.9 Å². The summed E-state index contributed by atoms with van der Waals surface area (Å²) in [7, 11) is 0. The first-order valence-electron chi connectivity index (χ1n) is 12.6. The third kappa shape index (κ3) is 9.17. The lowest BCUT2D eigenvalue weighted by Gasteiger charge is -2.44. The molecule has 2 atom stereocenters. The van der Waals surface area contributed by atoms with Gasteiger partial charge >= 0.3 is 6.09 Å². The molecule has 1 aromatic carbocycles. The van der Waals surface area contributed by atoms with Gasteiger partial charge in [0.25, 0.3) is 0 Å². The molecule has 198 valence electrons. The molecule has 0 spiro atoms. The van der Waals surface area contributed by atoms with E-state index in [4.69, 9.17) is 4.74 Å². The number of alkyl carbamates (subject to hydrolysis) is 1. The summed E-state index contributed by atoms with van der Waals surface area (Å²) in [5.41, 5.74) is 0.0432. The molecule has 8 nitrogen and oxygen atoms in total. The molecule has 0 aliphatic rings. The molecular formula is C27H45N3O5. The van der Waals surface area contributed by atoms with E-state index < -0.39 is 41.8 Å². The molecule has 35 heavy (non-hydrogen) atoms. The molecule has 0 aliphatic carbocycles. The van der Waals surface area contributed by atoms with Crippen molar-refractivity contribution in [3.63, 3.8) is 0 Å². The van der Waals surface area contributed by atoms with Gasteiger partial charge in [-0.15, -0.1) is 0 Å². The molecule has 0 saturated heterocycles. The van der Waals surface area contributed by atoms with Crippen LogP contribution in [-0.2, 0) is 14.3 Å². The lowest BCUT2D eigenvalue weighted by molar-refractivity contribution is -0.150. The fourth-order valence-corrected chi connectivity index (χ4v) is 3.72. The van der Waals surface area contributed by atoms with E-state index >= 15 is 0 Å². The van der Waals surface area contributed by atoms with Crippen LogP contribution in [0.3, 0.4) is 0 Å². The van der Waals surface area contributed by atoms with Gasteiger partial charge in [-0.25, -0.2) is 4.79 Å². The molecule has 0 saturated carbocycles. The zero-order chi connectivity index (χ0) is 26.8. The van der Waals surface area contributed by atoms with Gasteiger partial charge in [0.15, 0.2) is 0 Å². The average Bonchev–Trinajstić information content (AvgIpc) is 2.77. The summed E-state index contributed by atoms with van der Waals surface area (Å²) < 4.78 is 5.29. The Bertz CT molecular complexity index is 847. The van der Waals surface area contributed by atoms with Gasteiger partial charge in [0.2, 0.25) is 11.8 Å². The van der Waals surface area contributed by atoms with Gasteiger partial charge in [0, 0.05) is 12.1 Å². The normalized spacial score (nSPS) is 13.5. The highest BCUT2D eigenvalue weighted by molar-refractivity contribution is 5.93. The molecule has 8 heteroatoms. The van der Waals surface area contributed by atoms with Gasteiger partial charge in [-0.3, -0.25) is 9.59 Å². The zero-order valence-electron chi connectivity index (χ0n) is 22.7. The molecule has 0 radical (unpaired) electrons. The number of amides is 3. The zero-order valence-corrected chi connectivity index (χ0v) is 22.7. The van der Waals surface area contributed by atoms with E-state index in [2.05, 4.69) is 17.6 Å². The molecule has 1 rings (SSSR count). The number of rotatable bonds is 12. The third-order valence-corrected chi connectivity index (χ3v) is 6.00. The maximum atomic E-state index is 13.9. The second-order valence-corrected chi connectivity index (χ2v) is 10.5. The van der Waals surface area contributed by atoms with Crippen molar-refractivity contribution in [2.75, 3.05) is 13.2 Å². The van der Waals surface area contributed by atoms with Crippen LogP contribution in [-0.4, -0.2) is 58.2 Å². The number of nitrogens with zero attached hydrogens (tertiary/aromatic N) is 1. The van der Waals surface area contributed by atoms with E-state index in [1.807, 2.05) is 52.0 Å². The van der Waals surface area contributed by atoms with Gasteiger partial charge in [-0.05, 0) is 65.5 Å². The Balaban J connectivity index is 3.47. The molecule has 2 unspecified atom stereocenters. The Labute approximate surface area is 210 Å². The standard InChI is InChI=1S/C27H45N3O5/c1-9-11-14-17-28-23(32)22(20-16-13-12-15-19(20)3)30(27(7,8)10-2)24(33)21(18-31)29-25(34)35-26(4,5)6/h12-13,15-16,21-22,31H,9-11,14,17-18H2,1-8H3,(H,28,32)(H,29,34). The first-order chi connectivity index (χ1) is 16.3. The molecular weight excluding hydrogens is 446 g/mol. The fourth-order valence-electron chi connectivity index (χ4n) is 3.72. The number of aliphatic hydroxyl groups is 1. The van der Waals surface area contributed by atoms with Crippen LogP contribution < -0.4 is 10.6 Å². The SMILES string of the molecule is CCCCCNC(=O)C(c1ccccc1C)N(C(=O)C(CO)NC(=O)OC(C)(C)C)C(C)(C)CC. The van der Waals surface area contributed by atoms with E-state index in [0.717, 1.165) is 24.8 Å². The van der Waals surface area contributed by atoms with Crippen molar-refractivity contribution in [3.05, 3.63) is 35.4 Å². The molecule has 0 aromatic heterocycles. The Morgan fingerprint density at radius 3 is 2.20 bits per heavy atom. The summed E-state index contributed by atoms with van der Waals surface area (Å²) >= 11 is 0. The highest BCUT2D eigenvalue weighted by Crippen LogP contribution is 2.33. The molecule has 3 amide bonds. The van der Waals surface area contributed by atoms with Crippen LogP contribution >= 0.6 is 0 Å². The van der Waals surface area contributed by atoms with Crippen LogP contribution in [0.2, 0.25) is 0 Å². The summed E-state index contributed by atoms with van der Waals surface area (Å²) in [6.07, 6.45) is 2.60. The largest absolute Gasteiger partial charge is 0.444 e. The number of unbranched alkanes of at least 4 members (excludes halogenated alkanes) is 2. The minimum Gasteiger partial charge on any atom is -0.444 e. The average molecular weight is 492 g/mol. The number of aliphatic hydroxyl groups excluding tert-OH is 1. The molecule has 0 bridgehead atoms. The van der Waals surface area contributed by atoms with Gasteiger partial charge in [0.1, 0.15) is 17.7 Å². The minimum absolute atomic E-state index is 0.292. The van der Waals surface area contributed by atoms with Crippen LogP contribution in [0.5, 0.6) is 0 Å². The third-order valence-electron chi connectivity index (χ3n) is 6.00. The van der Waals surface area contributed by atoms with E-state index in [1.165, 1.54) is 4.90 Å². The van der Waals surface area contributed by atoms with Crippen molar-refractivity contribution in [3.8, 4) is 0 Å².